The van der Waals surface area contributed by atoms with Gasteiger partial charge in [-0.1, -0.05) is 42.5 Å². The van der Waals surface area contributed by atoms with Crippen LogP contribution in [0.15, 0.2) is 55.1 Å². The molecule has 3 rings (SSSR count). The molecular weight excluding hydrogens is 271 g/mol. The van der Waals surface area contributed by atoms with Gasteiger partial charge < -0.3 is 0 Å². The summed E-state index contributed by atoms with van der Waals surface area (Å²) in [5, 5.41) is 0. The molecule has 0 aliphatic heterocycles. The number of allylic oxidation sites excluding steroid dienone is 1. The van der Waals surface area contributed by atoms with Crippen LogP contribution in [0.4, 0.5) is 4.39 Å². The lowest BCUT2D eigenvalue weighted by Crippen LogP contribution is -2.11. The summed E-state index contributed by atoms with van der Waals surface area (Å²) in [7, 11) is 0. The van der Waals surface area contributed by atoms with Gasteiger partial charge in [0.05, 0.1) is 0 Å². The van der Waals surface area contributed by atoms with Gasteiger partial charge in [-0.2, -0.15) is 0 Å². The molecule has 0 saturated heterocycles. The molecule has 0 aromatic heterocycles. The van der Waals surface area contributed by atoms with E-state index in [0.717, 1.165) is 11.1 Å². The van der Waals surface area contributed by atoms with E-state index in [2.05, 4.69) is 36.9 Å². The Labute approximate surface area is 132 Å². The topological polar surface area (TPSA) is 0 Å². The Morgan fingerprint density at radius 2 is 1.59 bits per heavy atom. The summed E-state index contributed by atoms with van der Waals surface area (Å²) in [5.41, 5.74) is 4.14. The number of hydrogen-bond donors (Lipinski definition) is 0. The van der Waals surface area contributed by atoms with E-state index in [-0.39, 0.29) is 5.82 Å². The maximum atomic E-state index is 13.7. The van der Waals surface area contributed by atoms with Gasteiger partial charge in [0.15, 0.2) is 0 Å². The highest BCUT2D eigenvalue weighted by atomic mass is 19.1. The van der Waals surface area contributed by atoms with Crippen LogP contribution in [-0.4, -0.2) is 0 Å². The molecule has 0 amide bonds. The van der Waals surface area contributed by atoms with Crippen LogP contribution in [0.3, 0.4) is 0 Å². The third kappa shape index (κ3) is 3.14. The summed E-state index contributed by atoms with van der Waals surface area (Å²) in [6.45, 7) is 5.70. The summed E-state index contributed by atoms with van der Waals surface area (Å²) in [4.78, 5) is 0. The second kappa shape index (κ2) is 6.48. The average Bonchev–Trinajstić information content (AvgIpc) is 2.58. The van der Waals surface area contributed by atoms with Crippen molar-refractivity contribution in [2.75, 3.05) is 0 Å². The molecule has 1 aliphatic rings. The number of hydrogen-bond acceptors (Lipinski definition) is 0. The average molecular weight is 294 g/mol. The van der Waals surface area contributed by atoms with Crippen LogP contribution in [0.1, 0.15) is 42.7 Å². The first kappa shape index (κ1) is 15.0. The van der Waals surface area contributed by atoms with Crippen LogP contribution in [0, 0.1) is 18.7 Å². The summed E-state index contributed by atoms with van der Waals surface area (Å²) in [5.74, 6) is 1.23. The molecule has 1 saturated carbocycles. The lowest BCUT2D eigenvalue weighted by atomic mass is 9.78. The van der Waals surface area contributed by atoms with E-state index in [1.807, 2.05) is 12.1 Å². The summed E-state index contributed by atoms with van der Waals surface area (Å²) in [6.07, 6.45) is 7.09. The molecule has 0 spiro atoms. The Morgan fingerprint density at radius 1 is 0.955 bits per heavy atom. The number of halogens is 1. The Kier molecular flexibility index (Phi) is 4.42. The minimum absolute atomic E-state index is 0.135. The van der Waals surface area contributed by atoms with E-state index in [0.29, 0.717) is 17.4 Å². The first-order chi connectivity index (χ1) is 10.7. The minimum Gasteiger partial charge on any atom is -0.207 e. The van der Waals surface area contributed by atoms with Gasteiger partial charge in [0.25, 0.3) is 0 Å². The van der Waals surface area contributed by atoms with Crippen LogP contribution in [0.5, 0.6) is 0 Å². The van der Waals surface area contributed by atoms with Gasteiger partial charge in [0, 0.05) is 0 Å². The van der Waals surface area contributed by atoms with Gasteiger partial charge in [-0.3, -0.25) is 0 Å². The molecule has 2 aromatic carbocycles. The Morgan fingerprint density at radius 3 is 2.18 bits per heavy atom. The van der Waals surface area contributed by atoms with Crippen molar-refractivity contribution >= 4 is 0 Å². The van der Waals surface area contributed by atoms with Crippen molar-refractivity contribution in [3.63, 3.8) is 0 Å². The largest absolute Gasteiger partial charge is 0.207 e. The minimum atomic E-state index is -0.135. The van der Waals surface area contributed by atoms with Gasteiger partial charge in [-0.05, 0) is 72.8 Å². The maximum Gasteiger partial charge on any atom is 0.126 e. The van der Waals surface area contributed by atoms with Crippen LogP contribution in [-0.2, 0) is 0 Å². The van der Waals surface area contributed by atoms with Gasteiger partial charge in [-0.15, -0.1) is 6.58 Å². The van der Waals surface area contributed by atoms with E-state index in [4.69, 9.17) is 0 Å². The van der Waals surface area contributed by atoms with Crippen molar-refractivity contribution in [1.82, 2.24) is 0 Å². The molecule has 0 unspecified atom stereocenters. The second-order valence-corrected chi connectivity index (χ2v) is 6.43. The lowest BCUT2D eigenvalue weighted by Gasteiger charge is -2.27. The van der Waals surface area contributed by atoms with E-state index in [1.54, 1.807) is 13.0 Å². The molecular formula is C21H23F. The number of aryl methyl sites for hydroxylation is 1. The van der Waals surface area contributed by atoms with Crippen LogP contribution < -0.4 is 0 Å². The number of benzene rings is 2. The monoisotopic (exact) mass is 294 g/mol. The van der Waals surface area contributed by atoms with Crippen molar-refractivity contribution < 1.29 is 4.39 Å². The predicted molar refractivity (Wildman–Crippen MR) is 91.5 cm³/mol. The van der Waals surface area contributed by atoms with Gasteiger partial charge in [0.1, 0.15) is 5.82 Å². The standard InChI is InChI=1S/C21H23F/c1-3-16-5-8-17(9-6-16)18-10-12-19(13-11-18)20-7-4-15(2)21(22)14-20/h3-4,7,10-14,16-17H,1,5-6,8-9H2,2H3. The Hall–Kier alpha value is -1.89. The van der Waals surface area contributed by atoms with Crippen molar-refractivity contribution in [2.45, 2.75) is 38.5 Å². The SMILES string of the molecule is C=CC1CCC(c2ccc(-c3ccc(C)c(F)c3)cc2)CC1. The molecule has 114 valence electrons. The highest BCUT2D eigenvalue weighted by Gasteiger charge is 2.20. The summed E-state index contributed by atoms with van der Waals surface area (Å²) < 4.78 is 13.7. The molecule has 0 heterocycles. The molecule has 1 heteroatoms. The lowest BCUT2D eigenvalue weighted by molar-refractivity contribution is 0.376. The van der Waals surface area contributed by atoms with E-state index < -0.39 is 0 Å². The van der Waals surface area contributed by atoms with Crippen molar-refractivity contribution in [2.24, 2.45) is 5.92 Å². The molecule has 2 aromatic rings. The second-order valence-electron chi connectivity index (χ2n) is 6.43. The third-order valence-electron chi connectivity index (χ3n) is 4.99. The zero-order valence-electron chi connectivity index (χ0n) is 13.2. The first-order valence-corrected chi connectivity index (χ1v) is 8.16. The van der Waals surface area contributed by atoms with Crippen LogP contribution >= 0.6 is 0 Å². The smallest absolute Gasteiger partial charge is 0.126 e. The highest BCUT2D eigenvalue weighted by Crippen LogP contribution is 2.36. The molecule has 0 radical (unpaired) electrons. The zero-order chi connectivity index (χ0) is 15.5. The number of rotatable bonds is 3. The van der Waals surface area contributed by atoms with E-state index in [1.165, 1.54) is 31.2 Å². The molecule has 0 nitrogen and oxygen atoms in total. The normalized spacial score (nSPS) is 21.5. The zero-order valence-corrected chi connectivity index (χ0v) is 13.2. The predicted octanol–water partition coefficient (Wildman–Crippen LogP) is 6.26. The summed E-state index contributed by atoms with van der Waals surface area (Å²) >= 11 is 0. The quantitative estimate of drug-likeness (QED) is 0.586. The fourth-order valence-electron chi connectivity index (χ4n) is 3.41. The van der Waals surface area contributed by atoms with Crippen LogP contribution in [0.2, 0.25) is 0 Å². The molecule has 0 atom stereocenters. The van der Waals surface area contributed by atoms with Gasteiger partial charge >= 0.3 is 0 Å². The van der Waals surface area contributed by atoms with Gasteiger partial charge in [0.2, 0.25) is 0 Å². The molecule has 1 fully saturated rings. The third-order valence-corrected chi connectivity index (χ3v) is 4.99. The highest BCUT2D eigenvalue weighted by molar-refractivity contribution is 5.64. The van der Waals surface area contributed by atoms with Gasteiger partial charge in [-0.25, -0.2) is 4.39 Å². The Balaban J connectivity index is 1.75. The first-order valence-electron chi connectivity index (χ1n) is 8.16. The fourth-order valence-corrected chi connectivity index (χ4v) is 3.41. The molecule has 1 aliphatic carbocycles. The molecule has 0 N–H and O–H groups in total. The maximum absolute atomic E-state index is 13.7. The molecule has 22 heavy (non-hydrogen) atoms. The van der Waals surface area contributed by atoms with E-state index >= 15 is 0 Å². The fraction of sp³-hybridized carbons (Fsp3) is 0.333. The Bertz CT molecular complexity index is 646. The van der Waals surface area contributed by atoms with Crippen LogP contribution in [0.25, 0.3) is 11.1 Å². The van der Waals surface area contributed by atoms with E-state index in [9.17, 15) is 4.39 Å². The molecule has 0 bridgehead atoms. The van der Waals surface area contributed by atoms with Crippen molar-refractivity contribution in [1.29, 1.82) is 0 Å². The van der Waals surface area contributed by atoms with Crippen molar-refractivity contribution in [3.05, 3.63) is 72.1 Å². The summed E-state index contributed by atoms with van der Waals surface area (Å²) in [6, 6.07) is 14.1. The van der Waals surface area contributed by atoms with Crippen molar-refractivity contribution in [3.8, 4) is 11.1 Å².